The van der Waals surface area contributed by atoms with Gasteiger partial charge in [-0.1, -0.05) is 0 Å². The van der Waals surface area contributed by atoms with Crippen LogP contribution in [0.1, 0.15) is 13.8 Å². The molecule has 1 aromatic carbocycles. The average molecular weight is 302 g/mol. The third-order valence-corrected chi connectivity index (χ3v) is 3.69. The molecule has 0 atom stereocenters. The number of nitrogens with zero attached hydrogens (tertiary/aromatic N) is 1. The summed E-state index contributed by atoms with van der Waals surface area (Å²) in [5, 5.41) is 22.5. The maximum absolute atomic E-state index is 11.4. The number of hydrogen-bond acceptors (Lipinski definition) is 6. The number of carbonyl (C=O) groups is 1. The second kappa shape index (κ2) is 5.08. The summed E-state index contributed by atoms with van der Waals surface area (Å²) >= 11 is 0. The van der Waals surface area contributed by atoms with Gasteiger partial charge in [0.2, 0.25) is 0 Å². The van der Waals surface area contributed by atoms with E-state index in [1.54, 1.807) is 0 Å². The van der Waals surface area contributed by atoms with Gasteiger partial charge in [-0.15, -0.1) is 0 Å². The standard InChI is InChI=1S/C11H14N2O6S/c1-11(2,10(14)15)12-8-5-4-7(20(3,18)19)6-9(8)13(16)17/h4-6,12H,1-3H3,(H,14,15). The summed E-state index contributed by atoms with van der Waals surface area (Å²) in [6, 6.07) is 3.26. The molecule has 1 rings (SSSR count). The van der Waals surface area contributed by atoms with Crippen molar-refractivity contribution >= 4 is 27.2 Å². The van der Waals surface area contributed by atoms with Gasteiger partial charge in [0.05, 0.1) is 9.82 Å². The molecule has 1 aromatic rings. The zero-order chi connectivity index (χ0) is 15.7. The number of carboxylic acids is 1. The molecule has 0 unspecified atom stereocenters. The number of nitro groups is 1. The summed E-state index contributed by atoms with van der Waals surface area (Å²) in [7, 11) is -3.58. The Labute approximate surface area is 115 Å². The van der Waals surface area contributed by atoms with Crippen molar-refractivity contribution in [2.24, 2.45) is 0 Å². The van der Waals surface area contributed by atoms with Crippen LogP contribution in [-0.4, -0.2) is 36.2 Å². The molecule has 0 saturated carbocycles. The van der Waals surface area contributed by atoms with E-state index in [2.05, 4.69) is 5.32 Å². The van der Waals surface area contributed by atoms with Gasteiger partial charge in [0.15, 0.2) is 9.84 Å². The Hall–Kier alpha value is -2.16. The molecule has 8 nitrogen and oxygen atoms in total. The highest BCUT2D eigenvalue weighted by molar-refractivity contribution is 7.90. The fraction of sp³-hybridized carbons (Fsp3) is 0.364. The van der Waals surface area contributed by atoms with Crippen LogP contribution in [0.5, 0.6) is 0 Å². The smallest absolute Gasteiger partial charge is 0.328 e. The van der Waals surface area contributed by atoms with E-state index < -0.39 is 32.0 Å². The molecule has 0 aliphatic carbocycles. The van der Waals surface area contributed by atoms with Crippen LogP contribution in [-0.2, 0) is 14.6 Å². The van der Waals surface area contributed by atoms with Crippen LogP contribution in [0.25, 0.3) is 0 Å². The van der Waals surface area contributed by atoms with Crippen molar-refractivity contribution in [3.05, 3.63) is 28.3 Å². The number of benzene rings is 1. The first-order valence-corrected chi connectivity index (χ1v) is 7.34. The summed E-state index contributed by atoms with van der Waals surface area (Å²) in [6.07, 6.45) is 0.931. The molecule has 0 fully saturated rings. The third kappa shape index (κ3) is 3.44. The molecule has 0 aliphatic heterocycles. The first kappa shape index (κ1) is 15.9. The highest BCUT2D eigenvalue weighted by Crippen LogP contribution is 2.29. The van der Waals surface area contributed by atoms with E-state index in [4.69, 9.17) is 5.11 Å². The number of anilines is 1. The molecule has 0 aromatic heterocycles. The molecule has 0 heterocycles. The zero-order valence-corrected chi connectivity index (χ0v) is 11.9. The van der Waals surface area contributed by atoms with Crippen LogP contribution >= 0.6 is 0 Å². The minimum Gasteiger partial charge on any atom is -0.480 e. The van der Waals surface area contributed by atoms with Crippen molar-refractivity contribution < 1.29 is 23.2 Å². The van der Waals surface area contributed by atoms with Crippen LogP contribution in [0.4, 0.5) is 11.4 Å². The van der Waals surface area contributed by atoms with Gasteiger partial charge < -0.3 is 10.4 Å². The topological polar surface area (TPSA) is 127 Å². The first-order valence-electron chi connectivity index (χ1n) is 5.45. The van der Waals surface area contributed by atoms with Gasteiger partial charge in [0.25, 0.3) is 5.69 Å². The van der Waals surface area contributed by atoms with Gasteiger partial charge in [-0.25, -0.2) is 13.2 Å². The van der Waals surface area contributed by atoms with Gasteiger partial charge in [0.1, 0.15) is 11.2 Å². The van der Waals surface area contributed by atoms with Crippen molar-refractivity contribution in [1.29, 1.82) is 0 Å². The Kier molecular flexibility index (Phi) is 4.04. The maximum atomic E-state index is 11.4. The number of rotatable bonds is 5. The van der Waals surface area contributed by atoms with Crippen LogP contribution in [0, 0.1) is 10.1 Å². The van der Waals surface area contributed by atoms with Crippen molar-refractivity contribution in [1.82, 2.24) is 0 Å². The maximum Gasteiger partial charge on any atom is 0.328 e. The minimum atomic E-state index is -3.58. The molecule has 2 N–H and O–H groups in total. The van der Waals surface area contributed by atoms with E-state index >= 15 is 0 Å². The van der Waals surface area contributed by atoms with E-state index in [-0.39, 0.29) is 10.6 Å². The predicted molar refractivity (Wildman–Crippen MR) is 71.5 cm³/mol. The lowest BCUT2D eigenvalue weighted by Crippen LogP contribution is -2.40. The molecule has 110 valence electrons. The lowest BCUT2D eigenvalue weighted by atomic mass is 10.1. The molecule has 0 saturated heterocycles. The molecular weight excluding hydrogens is 288 g/mol. The second-order valence-corrected chi connectivity index (χ2v) is 6.78. The van der Waals surface area contributed by atoms with Gasteiger partial charge in [-0.3, -0.25) is 10.1 Å². The van der Waals surface area contributed by atoms with Gasteiger partial charge in [-0.05, 0) is 26.0 Å². The lowest BCUT2D eigenvalue weighted by Gasteiger charge is -2.22. The summed E-state index contributed by atoms with van der Waals surface area (Å²) in [4.78, 5) is 21.0. The highest BCUT2D eigenvalue weighted by Gasteiger charge is 2.30. The summed E-state index contributed by atoms with van der Waals surface area (Å²) < 4.78 is 22.8. The van der Waals surface area contributed by atoms with Crippen LogP contribution < -0.4 is 5.32 Å². The molecule has 0 spiro atoms. The summed E-state index contributed by atoms with van der Waals surface area (Å²) in [6.45, 7) is 2.67. The number of nitrogens with one attached hydrogen (secondary N) is 1. The Morgan fingerprint density at radius 1 is 1.40 bits per heavy atom. The fourth-order valence-corrected chi connectivity index (χ4v) is 2.03. The van der Waals surface area contributed by atoms with Crippen LogP contribution in [0.15, 0.2) is 23.1 Å². The molecule has 9 heteroatoms. The second-order valence-electron chi connectivity index (χ2n) is 4.76. The highest BCUT2D eigenvalue weighted by atomic mass is 32.2. The summed E-state index contributed by atoms with van der Waals surface area (Å²) in [5.74, 6) is -1.20. The number of hydrogen-bond donors (Lipinski definition) is 2. The predicted octanol–water partition coefficient (Wildman–Crippen LogP) is 1.27. The number of aliphatic carboxylic acids is 1. The van der Waals surface area contributed by atoms with Gasteiger partial charge in [-0.2, -0.15) is 0 Å². The number of carboxylic acid groups (broad SMARTS) is 1. The molecule has 0 aliphatic rings. The molecule has 20 heavy (non-hydrogen) atoms. The van der Waals surface area contributed by atoms with E-state index in [0.29, 0.717) is 0 Å². The normalized spacial score (nSPS) is 11.9. The number of sulfone groups is 1. The molecule has 0 bridgehead atoms. The van der Waals surface area contributed by atoms with Crippen molar-refractivity contribution in [2.75, 3.05) is 11.6 Å². The van der Waals surface area contributed by atoms with Gasteiger partial charge in [0, 0.05) is 12.3 Å². The van der Waals surface area contributed by atoms with Crippen molar-refractivity contribution in [2.45, 2.75) is 24.3 Å². The zero-order valence-electron chi connectivity index (χ0n) is 11.1. The van der Waals surface area contributed by atoms with E-state index in [1.807, 2.05) is 0 Å². The fourth-order valence-electron chi connectivity index (χ4n) is 1.39. The van der Waals surface area contributed by atoms with E-state index in [9.17, 15) is 23.3 Å². The van der Waals surface area contributed by atoms with E-state index in [0.717, 1.165) is 12.3 Å². The molecule has 0 radical (unpaired) electrons. The Morgan fingerprint density at radius 3 is 2.35 bits per heavy atom. The Bertz CT molecular complexity index is 665. The Morgan fingerprint density at radius 2 is 1.95 bits per heavy atom. The van der Waals surface area contributed by atoms with E-state index in [1.165, 1.54) is 26.0 Å². The van der Waals surface area contributed by atoms with Crippen molar-refractivity contribution in [3.63, 3.8) is 0 Å². The lowest BCUT2D eigenvalue weighted by molar-refractivity contribution is -0.384. The average Bonchev–Trinajstić information content (AvgIpc) is 2.26. The number of nitro benzene ring substituents is 1. The summed E-state index contributed by atoms with van der Waals surface area (Å²) in [5.41, 5.74) is -1.99. The monoisotopic (exact) mass is 302 g/mol. The van der Waals surface area contributed by atoms with Crippen LogP contribution in [0.2, 0.25) is 0 Å². The minimum absolute atomic E-state index is 0.0604. The van der Waals surface area contributed by atoms with Gasteiger partial charge >= 0.3 is 5.97 Å². The first-order chi connectivity index (χ1) is 8.95. The van der Waals surface area contributed by atoms with Crippen LogP contribution in [0.3, 0.4) is 0 Å². The largest absolute Gasteiger partial charge is 0.480 e. The molecular formula is C11H14N2O6S. The Balaban J connectivity index is 3.36. The quantitative estimate of drug-likeness (QED) is 0.619. The third-order valence-electron chi connectivity index (χ3n) is 2.58. The van der Waals surface area contributed by atoms with Crippen molar-refractivity contribution in [3.8, 4) is 0 Å². The molecule has 0 amide bonds. The SMILES string of the molecule is CC(C)(Nc1ccc(S(C)(=O)=O)cc1[N+](=O)[O-])C(=O)O.